The van der Waals surface area contributed by atoms with Crippen molar-refractivity contribution in [2.45, 2.75) is 20.1 Å². The van der Waals surface area contributed by atoms with Crippen LogP contribution in [0.2, 0.25) is 0 Å². The second-order valence-electron chi connectivity index (χ2n) is 6.70. The number of aryl methyl sites for hydroxylation is 2. The average molecular weight is 412 g/mol. The van der Waals surface area contributed by atoms with E-state index in [1.54, 1.807) is 19.1 Å². The van der Waals surface area contributed by atoms with Gasteiger partial charge in [-0.05, 0) is 26.0 Å². The van der Waals surface area contributed by atoms with Crippen LogP contribution in [0.4, 0.5) is 20.4 Å². The van der Waals surface area contributed by atoms with Crippen molar-refractivity contribution in [1.82, 2.24) is 24.7 Å². The lowest BCUT2D eigenvalue weighted by Crippen LogP contribution is -2.26. The highest BCUT2D eigenvalue weighted by Gasteiger charge is 2.45. The number of pyridine rings is 1. The zero-order valence-electron chi connectivity index (χ0n) is 15.7. The molecule has 0 aliphatic carbocycles. The van der Waals surface area contributed by atoms with Gasteiger partial charge < -0.3 is 14.8 Å². The van der Waals surface area contributed by atoms with Gasteiger partial charge >= 0.3 is 6.29 Å². The van der Waals surface area contributed by atoms with Crippen LogP contribution in [0.25, 0.3) is 16.6 Å². The normalized spacial score (nSPS) is 14.3. The Morgan fingerprint density at radius 2 is 1.97 bits per heavy atom. The van der Waals surface area contributed by atoms with E-state index in [-0.39, 0.29) is 22.6 Å². The molecule has 1 aromatic carbocycles. The topological polar surface area (TPSA) is 107 Å². The third kappa shape index (κ3) is 3.00. The monoisotopic (exact) mass is 412 g/mol. The second kappa shape index (κ2) is 6.24. The van der Waals surface area contributed by atoms with E-state index in [0.29, 0.717) is 23.0 Å². The van der Waals surface area contributed by atoms with Gasteiger partial charge in [0.25, 0.3) is 5.56 Å². The number of aromatic nitrogens is 5. The molecular weight excluding hydrogens is 398 g/mol. The number of aromatic amines is 1. The van der Waals surface area contributed by atoms with Crippen LogP contribution in [0.1, 0.15) is 11.5 Å². The average Bonchev–Trinajstić information content (AvgIpc) is 3.15. The molecule has 0 saturated heterocycles. The minimum Gasteiger partial charge on any atom is -0.395 e. The highest BCUT2D eigenvalue weighted by Crippen LogP contribution is 2.44. The van der Waals surface area contributed by atoms with Gasteiger partial charge in [-0.3, -0.25) is 9.89 Å². The summed E-state index contributed by atoms with van der Waals surface area (Å²) in [5.74, 6) is 1.23. The van der Waals surface area contributed by atoms with Gasteiger partial charge in [-0.15, -0.1) is 8.78 Å². The summed E-state index contributed by atoms with van der Waals surface area (Å²) in [4.78, 5) is 25.1. The summed E-state index contributed by atoms with van der Waals surface area (Å²) >= 11 is 0. The molecule has 0 unspecified atom stereocenters. The zero-order valence-corrected chi connectivity index (χ0v) is 15.7. The first kappa shape index (κ1) is 18.0. The van der Waals surface area contributed by atoms with Gasteiger partial charge in [-0.25, -0.2) is 19.6 Å². The molecule has 3 aromatic heterocycles. The van der Waals surface area contributed by atoms with E-state index in [4.69, 9.17) is 0 Å². The smallest absolute Gasteiger partial charge is 0.395 e. The molecule has 1 aliphatic heterocycles. The molecule has 0 saturated carbocycles. The van der Waals surface area contributed by atoms with Crippen LogP contribution < -0.4 is 20.3 Å². The van der Waals surface area contributed by atoms with Gasteiger partial charge in [-0.1, -0.05) is 6.07 Å². The maximum absolute atomic E-state index is 13.6. The number of para-hydroxylation sites is 1. The molecule has 2 N–H and O–H groups in total. The standard InChI is InChI=1S/C19H14F2N6O3/c1-9-6-16(24-10(2)23-9)25-15-7-13-11(8-22-15)18(28)26-27(13)12-4-3-5-14-17(12)30-19(20,21)29-14/h3-8H,1-2H3,(H,26,28)(H,22,23,24,25). The highest BCUT2D eigenvalue weighted by atomic mass is 19.3. The van der Waals surface area contributed by atoms with Crippen molar-refractivity contribution in [3.8, 4) is 17.2 Å². The number of nitrogens with zero attached hydrogens (tertiary/aromatic N) is 4. The minimum atomic E-state index is -3.78. The van der Waals surface area contributed by atoms with Gasteiger partial charge in [0.15, 0.2) is 11.5 Å². The number of hydrogen-bond acceptors (Lipinski definition) is 7. The van der Waals surface area contributed by atoms with Crippen LogP contribution in [0.3, 0.4) is 0 Å². The molecular formula is C19H14F2N6O3. The molecule has 5 rings (SSSR count). The van der Waals surface area contributed by atoms with Gasteiger partial charge in [0.2, 0.25) is 0 Å². The van der Waals surface area contributed by atoms with Crippen molar-refractivity contribution in [3.05, 3.63) is 58.4 Å². The van der Waals surface area contributed by atoms with E-state index < -0.39 is 11.9 Å². The Morgan fingerprint density at radius 3 is 2.77 bits per heavy atom. The summed E-state index contributed by atoms with van der Waals surface area (Å²) in [5, 5.41) is 5.96. The van der Waals surface area contributed by atoms with E-state index in [1.807, 2.05) is 6.92 Å². The molecule has 0 fully saturated rings. The first-order valence-electron chi connectivity index (χ1n) is 8.88. The van der Waals surface area contributed by atoms with E-state index in [9.17, 15) is 13.6 Å². The molecule has 152 valence electrons. The van der Waals surface area contributed by atoms with Crippen molar-refractivity contribution in [2.75, 3.05) is 5.32 Å². The number of anilines is 2. The molecule has 0 bridgehead atoms. The highest BCUT2D eigenvalue weighted by molar-refractivity contribution is 5.83. The molecule has 0 amide bonds. The van der Waals surface area contributed by atoms with E-state index in [0.717, 1.165) is 5.69 Å². The summed E-state index contributed by atoms with van der Waals surface area (Å²) in [6.07, 6.45) is -2.39. The molecule has 0 atom stereocenters. The number of rotatable bonds is 3. The van der Waals surface area contributed by atoms with Gasteiger partial charge in [0, 0.05) is 24.0 Å². The lowest BCUT2D eigenvalue weighted by Gasteiger charge is -2.10. The van der Waals surface area contributed by atoms with Gasteiger partial charge in [-0.2, -0.15) is 0 Å². The van der Waals surface area contributed by atoms with Crippen LogP contribution in [0.15, 0.2) is 41.3 Å². The minimum absolute atomic E-state index is 0.125. The summed E-state index contributed by atoms with van der Waals surface area (Å²) in [7, 11) is 0. The van der Waals surface area contributed by atoms with E-state index >= 15 is 0 Å². The quantitative estimate of drug-likeness (QED) is 0.532. The lowest BCUT2D eigenvalue weighted by atomic mass is 10.2. The fourth-order valence-electron chi connectivity index (χ4n) is 3.33. The fraction of sp³-hybridized carbons (Fsp3) is 0.158. The Morgan fingerprint density at radius 1 is 1.13 bits per heavy atom. The van der Waals surface area contributed by atoms with Crippen molar-refractivity contribution in [1.29, 1.82) is 0 Å². The Hall–Kier alpha value is -4.02. The third-order valence-electron chi connectivity index (χ3n) is 4.45. The molecule has 9 nitrogen and oxygen atoms in total. The Balaban J connectivity index is 1.62. The van der Waals surface area contributed by atoms with Crippen molar-refractivity contribution < 1.29 is 18.3 Å². The SMILES string of the molecule is Cc1cc(Nc2cc3c(cn2)c(=O)[nH]n3-c2cccc3c2OC(F)(F)O3)nc(C)n1. The predicted octanol–water partition coefficient (Wildman–Crippen LogP) is 3.19. The third-order valence-corrected chi connectivity index (χ3v) is 4.45. The van der Waals surface area contributed by atoms with Crippen molar-refractivity contribution in [3.63, 3.8) is 0 Å². The molecule has 11 heteroatoms. The fourth-order valence-corrected chi connectivity index (χ4v) is 3.33. The number of alkyl halides is 2. The number of halogens is 2. The number of ether oxygens (including phenoxy) is 2. The predicted molar refractivity (Wildman–Crippen MR) is 103 cm³/mol. The first-order chi connectivity index (χ1) is 14.3. The second-order valence-corrected chi connectivity index (χ2v) is 6.70. The summed E-state index contributed by atoms with van der Waals surface area (Å²) in [6.45, 7) is 3.61. The van der Waals surface area contributed by atoms with Gasteiger partial charge in [0.1, 0.15) is 23.1 Å². The molecule has 4 aromatic rings. The number of hydrogen-bond donors (Lipinski definition) is 2. The van der Waals surface area contributed by atoms with Gasteiger partial charge in [0.05, 0.1) is 10.9 Å². The summed E-state index contributed by atoms with van der Waals surface area (Å²) in [6, 6.07) is 7.77. The maximum atomic E-state index is 13.6. The molecule has 4 heterocycles. The molecule has 0 radical (unpaired) electrons. The first-order valence-corrected chi connectivity index (χ1v) is 8.88. The largest absolute Gasteiger partial charge is 0.586 e. The Bertz CT molecular complexity index is 1340. The van der Waals surface area contributed by atoms with Crippen LogP contribution in [0.5, 0.6) is 11.5 Å². The van der Waals surface area contributed by atoms with Crippen LogP contribution in [-0.4, -0.2) is 31.0 Å². The molecule has 0 spiro atoms. The number of benzene rings is 1. The van der Waals surface area contributed by atoms with Crippen LogP contribution in [0, 0.1) is 13.8 Å². The number of H-pyrrole nitrogens is 1. The zero-order chi connectivity index (χ0) is 21.0. The maximum Gasteiger partial charge on any atom is 0.586 e. The van der Waals surface area contributed by atoms with Crippen LogP contribution in [-0.2, 0) is 0 Å². The number of nitrogens with one attached hydrogen (secondary N) is 2. The lowest BCUT2D eigenvalue weighted by molar-refractivity contribution is -0.286. The summed E-state index contributed by atoms with van der Waals surface area (Å²) in [5.41, 5.74) is 0.957. The van der Waals surface area contributed by atoms with Crippen molar-refractivity contribution in [2.24, 2.45) is 0 Å². The van der Waals surface area contributed by atoms with E-state index in [1.165, 1.54) is 29.1 Å². The Labute approximate surface area is 167 Å². The van der Waals surface area contributed by atoms with Crippen molar-refractivity contribution >= 4 is 22.5 Å². The Kier molecular flexibility index (Phi) is 3.75. The molecule has 30 heavy (non-hydrogen) atoms. The summed E-state index contributed by atoms with van der Waals surface area (Å²) < 4.78 is 37.6. The van der Waals surface area contributed by atoms with Crippen LogP contribution >= 0.6 is 0 Å². The van der Waals surface area contributed by atoms with E-state index in [2.05, 4.69) is 34.8 Å². The number of fused-ring (bicyclic) bond motifs is 2. The molecule has 1 aliphatic rings.